The van der Waals surface area contributed by atoms with Crippen LogP contribution < -0.4 is 0 Å². The Bertz CT molecular complexity index is 569. The molecule has 0 rings (SSSR count). The van der Waals surface area contributed by atoms with Crippen LogP contribution >= 0.6 is 0 Å². The largest absolute Gasteiger partial charge is 0.478 e. The van der Waals surface area contributed by atoms with Gasteiger partial charge in [0.25, 0.3) is 0 Å². The summed E-state index contributed by atoms with van der Waals surface area (Å²) in [5, 5.41) is 18.6. The molecule has 0 atom stereocenters. The molecule has 0 saturated heterocycles. The summed E-state index contributed by atoms with van der Waals surface area (Å²) >= 11 is 0. The van der Waals surface area contributed by atoms with Crippen LogP contribution in [0.4, 0.5) is 0 Å². The Morgan fingerprint density at radius 1 is 0.704 bits per heavy atom. The molecule has 0 aliphatic carbocycles. The lowest BCUT2D eigenvalue weighted by Gasteiger charge is -1.99. The van der Waals surface area contributed by atoms with E-state index in [1.54, 1.807) is 12.2 Å². The first-order chi connectivity index (χ1) is 13.1. The minimum Gasteiger partial charge on any atom is -0.478 e. The quantitative estimate of drug-likeness (QED) is 0.122. The minimum atomic E-state index is -0.955. The van der Waals surface area contributed by atoms with Gasteiger partial charge in [-0.1, -0.05) is 92.5 Å². The van der Waals surface area contributed by atoms with E-state index in [-0.39, 0.29) is 11.5 Å². The number of carboxylic acids is 1. The van der Waals surface area contributed by atoms with Gasteiger partial charge in [0.2, 0.25) is 6.54 Å². The van der Waals surface area contributed by atoms with E-state index < -0.39 is 5.97 Å². The average Bonchev–Trinajstić information content (AvgIpc) is 2.62. The van der Waals surface area contributed by atoms with Crippen LogP contribution in [0.2, 0.25) is 0 Å². The number of carboxylic acid groups (broad SMARTS) is 1. The summed E-state index contributed by atoms with van der Waals surface area (Å²) in [5.74, 6) is -0.955. The Hall–Kier alpha value is -2.69. The van der Waals surface area contributed by atoms with Crippen LogP contribution in [0.5, 0.6) is 0 Å². The number of hydrogen-bond donors (Lipinski definition) is 1. The van der Waals surface area contributed by atoms with E-state index in [1.807, 2.05) is 42.5 Å². The topological polar surface area (TPSA) is 80.4 Å². The van der Waals surface area contributed by atoms with Crippen molar-refractivity contribution in [3.8, 4) is 0 Å². The van der Waals surface area contributed by atoms with Gasteiger partial charge in [0.05, 0.1) is 0 Å². The van der Waals surface area contributed by atoms with E-state index in [1.165, 1.54) is 31.8 Å². The van der Waals surface area contributed by atoms with E-state index in [2.05, 4.69) is 6.08 Å². The Labute approximate surface area is 162 Å². The van der Waals surface area contributed by atoms with Gasteiger partial charge in [-0.2, -0.15) is 0 Å². The van der Waals surface area contributed by atoms with Gasteiger partial charge in [0.1, 0.15) is 0 Å². The molecule has 0 unspecified atom stereocenters. The molecule has 0 radical (unpaired) electrons. The summed E-state index contributed by atoms with van der Waals surface area (Å²) in [7, 11) is 0. The van der Waals surface area contributed by atoms with Crippen molar-refractivity contribution in [2.24, 2.45) is 0 Å². The normalized spacial score (nSPS) is 12.7. The molecule has 0 fully saturated rings. The number of carbonyl (C=O) groups is 1. The second-order valence-electron chi connectivity index (χ2n) is 5.98. The van der Waals surface area contributed by atoms with Gasteiger partial charge in [-0.15, -0.1) is 0 Å². The Kier molecular flexibility index (Phi) is 17.7. The number of unbranched alkanes of at least 4 members (excludes halogenated alkanes) is 7. The van der Waals surface area contributed by atoms with Crippen molar-refractivity contribution in [1.82, 2.24) is 0 Å². The highest BCUT2D eigenvalue weighted by Gasteiger charge is 1.96. The Balaban J connectivity index is 3.52. The molecule has 5 heteroatoms. The van der Waals surface area contributed by atoms with Gasteiger partial charge in [-0.3, -0.25) is 10.1 Å². The zero-order valence-corrected chi connectivity index (χ0v) is 15.9. The first-order valence-corrected chi connectivity index (χ1v) is 9.47. The van der Waals surface area contributed by atoms with Crippen LogP contribution in [0.15, 0.2) is 72.9 Å². The van der Waals surface area contributed by atoms with Crippen molar-refractivity contribution in [2.75, 3.05) is 6.54 Å². The molecule has 0 aromatic rings. The van der Waals surface area contributed by atoms with Crippen LogP contribution in [0.25, 0.3) is 0 Å². The number of allylic oxidation sites excluding steroid dienone is 11. The molecule has 0 heterocycles. The molecule has 0 saturated carbocycles. The Morgan fingerprint density at radius 3 is 1.67 bits per heavy atom. The lowest BCUT2D eigenvalue weighted by molar-refractivity contribution is -0.480. The van der Waals surface area contributed by atoms with E-state index in [4.69, 9.17) is 5.11 Å². The Morgan fingerprint density at radius 2 is 1.15 bits per heavy atom. The van der Waals surface area contributed by atoms with Crippen molar-refractivity contribution in [3.63, 3.8) is 0 Å². The monoisotopic (exact) mass is 373 g/mol. The van der Waals surface area contributed by atoms with Crippen LogP contribution in [0.3, 0.4) is 0 Å². The molecule has 148 valence electrons. The molecule has 0 bridgehead atoms. The molecule has 5 nitrogen and oxygen atoms in total. The number of aliphatic carboxylic acids is 1. The molecular formula is C22H31NO4. The first-order valence-electron chi connectivity index (χ1n) is 9.47. The van der Waals surface area contributed by atoms with E-state index in [0.29, 0.717) is 6.42 Å². The maximum Gasteiger partial charge on any atom is 0.328 e. The SMILES string of the molecule is O=C(O)C=CC=CC=CC=CC=CC=CCCCCCCCCC[N+](=O)[O-]. The van der Waals surface area contributed by atoms with Gasteiger partial charge in [0, 0.05) is 17.4 Å². The first kappa shape index (κ1) is 24.3. The maximum atomic E-state index is 10.2. The van der Waals surface area contributed by atoms with Crippen molar-refractivity contribution < 1.29 is 14.8 Å². The second-order valence-corrected chi connectivity index (χ2v) is 5.98. The van der Waals surface area contributed by atoms with Gasteiger partial charge < -0.3 is 5.11 Å². The average molecular weight is 373 g/mol. The third kappa shape index (κ3) is 23.3. The van der Waals surface area contributed by atoms with Crippen molar-refractivity contribution in [1.29, 1.82) is 0 Å². The van der Waals surface area contributed by atoms with E-state index in [0.717, 1.165) is 25.3 Å². The third-order valence-corrected chi connectivity index (χ3v) is 3.59. The molecule has 0 amide bonds. The van der Waals surface area contributed by atoms with Crippen molar-refractivity contribution in [3.05, 3.63) is 83.0 Å². The molecule has 27 heavy (non-hydrogen) atoms. The highest BCUT2D eigenvalue weighted by molar-refractivity contribution is 5.80. The lowest BCUT2D eigenvalue weighted by Crippen LogP contribution is -1.99. The van der Waals surface area contributed by atoms with Gasteiger partial charge in [0.15, 0.2) is 0 Å². The maximum absolute atomic E-state index is 10.2. The summed E-state index contributed by atoms with van der Waals surface area (Å²) < 4.78 is 0. The fourth-order valence-electron chi connectivity index (χ4n) is 2.21. The smallest absolute Gasteiger partial charge is 0.328 e. The highest BCUT2D eigenvalue weighted by atomic mass is 16.6. The second kappa shape index (κ2) is 19.6. The molecule has 0 aromatic heterocycles. The predicted molar refractivity (Wildman–Crippen MR) is 111 cm³/mol. The summed E-state index contributed by atoms with van der Waals surface area (Å²) in [5.41, 5.74) is 0. The molecule has 0 aliphatic heterocycles. The number of nitro groups is 1. The van der Waals surface area contributed by atoms with Gasteiger partial charge in [-0.05, 0) is 19.3 Å². The lowest BCUT2D eigenvalue weighted by atomic mass is 10.1. The highest BCUT2D eigenvalue weighted by Crippen LogP contribution is 2.08. The van der Waals surface area contributed by atoms with E-state index in [9.17, 15) is 14.9 Å². The third-order valence-electron chi connectivity index (χ3n) is 3.59. The minimum absolute atomic E-state index is 0.104. The number of nitrogens with zero attached hydrogens (tertiary/aromatic N) is 1. The summed E-state index contributed by atoms with van der Waals surface area (Å²) in [4.78, 5) is 20.2. The molecule has 1 N–H and O–H groups in total. The number of rotatable bonds is 16. The van der Waals surface area contributed by atoms with Crippen LogP contribution in [0, 0.1) is 10.1 Å². The zero-order chi connectivity index (χ0) is 20.0. The summed E-state index contributed by atoms with van der Waals surface area (Å²) in [6.45, 7) is 0.104. The summed E-state index contributed by atoms with van der Waals surface area (Å²) in [6, 6.07) is 0. The molecular weight excluding hydrogens is 342 g/mol. The molecule has 0 aromatic carbocycles. The van der Waals surface area contributed by atoms with Crippen LogP contribution in [0.1, 0.15) is 51.4 Å². The molecule has 0 aliphatic rings. The van der Waals surface area contributed by atoms with Crippen molar-refractivity contribution >= 4 is 5.97 Å². The van der Waals surface area contributed by atoms with Crippen LogP contribution in [-0.4, -0.2) is 22.5 Å². The van der Waals surface area contributed by atoms with Crippen molar-refractivity contribution in [2.45, 2.75) is 51.4 Å². The summed E-state index contributed by atoms with van der Waals surface area (Å²) in [6.07, 6.45) is 30.3. The standard InChI is InChI=1S/C22H31NO4/c24-22(25)20-18-16-14-12-10-8-6-4-2-1-3-5-7-9-11-13-15-17-19-21-23(26)27/h1-4,6,8,10,12,14,16,18,20H,5,7,9,11,13,15,17,19,21H2,(H,24,25). The zero-order valence-electron chi connectivity index (χ0n) is 15.9. The van der Waals surface area contributed by atoms with E-state index >= 15 is 0 Å². The molecule has 0 spiro atoms. The van der Waals surface area contributed by atoms with Gasteiger partial charge in [-0.25, -0.2) is 4.79 Å². The fraction of sp³-hybridized carbons (Fsp3) is 0.409. The fourth-order valence-corrected chi connectivity index (χ4v) is 2.21. The number of hydrogen-bond acceptors (Lipinski definition) is 3. The van der Waals surface area contributed by atoms with Gasteiger partial charge >= 0.3 is 5.97 Å². The predicted octanol–water partition coefficient (Wildman–Crippen LogP) is 5.81. The van der Waals surface area contributed by atoms with Crippen LogP contribution in [-0.2, 0) is 4.79 Å².